The van der Waals surface area contributed by atoms with Crippen LogP contribution in [0.2, 0.25) is 0 Å². The van der Waals surface area contributed by atoms with E-state index >= 15 is 0 Å². The highest BCUT2D eigenvalue weighted by Crippen LogP contribution is 2.30. The Morgan fingerprint density at radius 3 is 1.34 bits per heavy atom. The predicted molar refractivity (Wildman–Crippen MR) is 318 cm³/mol. The van der Waals surface area contributed by atoms with Crippen LogP contribution in [0.25, 0.3) is 0 Å². The monoisotopic (exact) mass is 1110 g/mol. The van der Waals surface area contributed by atoms with Crippen molar-refractivity contribution in [3.63, 3.8) is 0 Å². The summed E-state index contributed by atoms with van der Waals surface area (Å²) in [4.78, 5) is 13.2. The van der Waals surface area contributed by atoms with E-state index in [0.717, 1.165) is 89.9 Å². The van der Waals surface area contributed by atoms with Gasteiger partial charge in [0.2, 0.25) is 5.91 Å². The number of ether oxygens (including phenoxy) is 4. The number of unbranched alkanes of at least 4 members (excludes halogenated alkanes) is 21. The Bertz CT molecular complexity index is 1690. The number of carbonyl (C=O) groups excluding carboxylic acids is 1. The lowest BCUT2D eigenvalue weighted by Crippen LogP contribution is -2.65. The first-order valence-electron chi connectivity index (χ1n) is 31.0. The first kappa shape index (κ1) is 72.0. The Kier molecular flexibility index (Phi) is 45.1. The van der Waals surface area contributed by atoms with Gasteiger partial charge in [0.15, 0.2) is 12.6 Å². The lowest BCUT2D eigenvalue weighted by Gasteiger charge is -2.46. The summed E-state index contributed by atoms with van der Waals surface area (Å²) in [6.07, 6.45) is 51.9. The molecule has 0 aromatic carbocycles. The van der Waals surface area contributed by atoms with E-state index in [-0.39, 0.29) is 18.9 Å². The van der Waals surface area contributed by atoms with Crippen molar-refractivity contribution in [3.8, 4) is 0 Å². The molecule has 14 heteroatoms. The molecule has 0 aliphatic carbocycles. The van der Waals surface area contributed by atoms with Crippen LogP contribution < -0.4 is 5.32 Å². The van der Waals surface area contributed by atoms with Crippen LogP contribution in [0.4, 0.5) is 0 Å². The van der Waals surface area contributed by atoms with Crippen LogP contribution in [0.15, 0.2) is 97.2 Å². The topological polar surface area (TPSA) is 228 Å². The summed E-state index contributed by atoms with van der Waals surface area (Å²) in [5.41, 5.74) is 0. The third-order valence-electron chi connectivity index (χ3n) is 14.5. The van der Waals surface area contributed by atoms with Crippen LogP contribution in [0.1, 0.15) is 213 Å². The molecule has 0 aromatic heterocycles. The summed E-state index contributed by atoms with van der Waals surface area (Å²) in [6.45, 7) is 2.64. The number of carbonyl (C=O) groups is 1. The van der Waals surface area contributed by atoms with E-state index in [9.17, 15) is 45.6 Å². The molecule has 1 amide bonds. The number of rotatable bonds is 48. The Morgan fingerprint density at radius 1 is 0.468 bits per heavy atom. The second kappa shape index (κ2) is 49.5. The molecule has 2 heterocycles. The highest BCUT2D eigenvalue weighted by Gasteiger charge is 2.51. The molecule has 12 unspecified atom stereocenters. The average molecular weight is 1110 g/mol. The van der Waals surface area contributed by atoms with Gasteiger partial charge < -0.3 is 65.1 Å². The number of hydrogen-bond acceptors (Lipinski definition) is 13. The van der Waals surface area contributed by atoms with Gasteiger partial charge in [0, 0.05) is 6.42 Å². The number of aliphatic hydroxyl groups excluding tert-OH is 8. The van der Waals surface area contributed by atoms with Gasteiger partial charge in [-0.1, -0.05) is 227 Å². The van der Waals surface area contributed by atoms with Crippen molar-refractivity contribution in [2.45, 2.75) is 286 Å². The van der Waals surface area contributed by atoms with E-state index < -0.39 is 86.8 Å². The Morgan fingerprint density at radius 2 is 0.873 bits per heavy atom. The zero-order chi connectivity index (χ0) is 57.4. The second-order valence-electron chi connectivity index (χ2n) is 21.5. The summed E-state index contributed by atoms with van der Waals surface area (Å²) in [7, 11) is 0. The van der Waals surface area contributed by atoms with Crippen molar-refractivity contribution in [1.82, 2.24) is 5.32 Å². The number of amides is 1. The molecule has 0 radical (unpaired) electrons. The van der Waals surface area contributed by atoms with Gasteiger partial charge in [-0.2, -0.15) is 0 Å². The summed E-state index contributed by atoms with van der Waals surface area (Å²) in [5, 5.41) is 86.9. The summed E-state index contributed by atoms with van der Waals surface area (Å²) < 4.78 is 22.7. The fourth-order valence-electron chi connectivity index (χ4n) is 9.56. The maximum Gasteiger partial charge on any atom is 0.220 e. The summed E-state index contributed by atoms with van der Waals surface area (Å²) in [5.74, 6) is -0.246. The third-order valence-corrected chi connectivity index (χ3v) is 14.5. The molecule has 9 N–H and O–H groups in total. The number of hydrogen-bond donors (Lipinski definition) is 9. The van der Waals surface area contributed by atoms with Gasteiger partial charge in [0.1, 0.15) is 48.8 Å². The van der Waals surface area contributed by atoms with Gasteiger partial charge in [-0.15, -0.1) is 0 Å². The molecule has 0 spiro atoms. The molecule has 79 heavy (non-hydrogen) atoms. The maximum absolute atomic E-state index is 13.2. The van der Waals surface area contributed by atoms with Crippen LogP contribution in [0.5, 0.6) is 0 Å². The highest BCUT2D eigenvalue weighted by atomic mass is 16.7. The molecular weight excluding hydrogens is 1000 g/mol. The minimum atomic E-state index is -1.79. The Balaban J connectivity index is 1.62. The van der Waals surface area contributed by atoms with Gasteiger partial charge in [-0.05, 0) is 77.0 Å². The quantitative estimate of drug-likeness (QED) is 0.0204. The molecule has 2 saturated heterocycles. The third kappa shape index (κ3) is 34.8. The van der Waals surface area contributed by atoms with E-state index in [4.69, 9.17) is 18.9 Å². The smallest absolute Gasteiger partial charge is 0.220 e. The van der Waals surface area contributed by atoms with Crippen LogP contribution in [0.3, 0.4) is 0 Å². The van der Waals surface area contributed by atoms with Gasteiger partial charge in [0.25, 0.3) is 0 Å². The van der Waals surface area contributed by atoms with Crippen LogP contribution in [-0.2, 0) is 23.7 Å². The van der Waals surface area contributed by atoms with Crippen molar-refractivity contribution >= 4 is 5.91 Å². The first-order chi connectivity index (χ1) is 38.6. The van der Waals surface area contributed by atoms with Gasteiger partial charge in [-0.3, -0.25) is 4.79 Å². The zero-order valence-corrected chi connectivity index (χ0v) is 48.8. The van der Waals surface area contributed by atoms with Gasteiger partial charge in [-0.25, -0.2) is 0 Å². The van der Waals surface area contributed by atoms with Gasteiger partial charge in [0.05, 0.1) is 32.0 Å². The molecule has 2 aliphatic heterocycles. The molecule has 14 nitrogen and oxygen atoms in total. The molecule has 2 aliphatic rings. The molecule has 0 saturated carbocycles. The van der Waals surface area contributed by atoms with Crippen molar-refractivity contribution in [3.05, 3.63) is 97.2 Å². The lowest BCUT2D eigenvalue weighted by atomic mass is 9.97. The molecule has 0 bridgehead atoms. The minimum absolute atomic E-state index is 0.246. The zero-order valence-electron chi connectivity index (χ0n) is 48.8. The van der Waals surface area contributed by atoms with Crippen molar-refractivity contribution in [2.24, 2.45) is 0 Å². The summed E-state index contributed by atoms with van der Waals surface area (Å²) in [6, 6.07) is -0.918. The maximum atomic E-state index is 13.2. The molecule has 0 aromatic rings. The van der Waals surface area contributed by atoms with Crippen LogP contribution in [0, 0.1) is 0 Å². The van der Waals surface area contributed by atoms with Crippen molar-refractivity contribution < 1.29 is 64.6 Å². The minimum Gasteiger partial charge on any atom is -0.394 e. The van der Waals surface area contributed by atoms with Crippen LogP contribution in [-0.4, -0.2) is 140 Å². The molecule has 454 valence electrons. The normalized spacial score (nSPS) is 25.1. The van der Waals surface area contributed by atoms with Crippen molar-refractivity contribution in [2.75, 3.05) is 19.8 Å². The highest BCUT2D eigenvalue weighted by molar-refractivity contribution is 5.76. The standard InChI is InChI=1S/C65H111NO13/c1-3-5-7-9-11-13-15-16-17-18-19-20-21-22-23-24-25-26-27-28-29-30-31-32-33-34-35-36-37-38-39-41-43-45-47-49-57(70)66-53(54(69)48-46-44-42-40-14-12-10-8-6-4-2)52-76-64-62(75)60(73)63(56(51-68)78-64)79-65-61(74)59(72)58(71)55(50-67)77-65/h5,7,11,13,16-17,19-20,22-23,25-26,28-29,46,48,53-56,58-65,67-69,71-75H,3-4,6,8-10,12,14-15,18,21,24,27,30-45,47,49-52H2,1-2H3,(H,66,70)/b7-5-,13-11-,17-16-,20-19-,23-22-,26-25-,29-28-,48-46+. The number of aliphatic hydroxyl groups is 8. The van der Waals surface area contributed by atoms with E-state index in [0.29, 0.717) is 6.42 Å². The second-order valence-corrected chi connectivity index (χ2v) is 21.5. The average Bonchev–Trinajstić information content (AvgIpc) is 3.47. The fourth-order valence-corrected chi connectivity index (χ4v) is 9.56. The van der Waals surface area contributed by atoms with E-state index in [2.05, 4.69) is 104 Å². The molecule has 2 rings (SSSR count). The fraction of sp³-hybridized carbons (Fsp3) is 0.738. The molecule has 2 fully saturated rings. The lowest BCUT2D eigenvalue weighted by molar-refractivity contribution is -0.359. The summed E-state index contributed by atoms with van der Waals surface area (Å²) >= 11 is 0. The van der Waals surface area contributed by atoms with Gasteiger partial charge >= 0.3 is 0 Å². The number of allylic oxidation sites excluding steroid dienone is 15. The predicted octanol–water partition coefficient (Wildman–Crippen LogP) is 11.1. The number of nitrogens with one attached hydrogen (secondary N) is 1. The molecular formula is C65H111NO13. The Hall–Kier alpha value is -3.09. The largest absolute Gasteiger partial charge is 0.394 e. The molecule has 12 atom stereocenters. The van der Waals surface area contributed by atoms with E-state index in [1.165, 1.54) is 96.3 Å². The Labute approximate surface area is 477 Å². The van der Waals surface area contributed by atoms with Crippen molar-refractivity contribution in [1.29, 1.82) is 0 Å². The first-order valence-corrected chi connectivity index (χ1v) is 31.0. The van der Waals surface area contributed by atoms with E-state index in [1.807, 2.05) is 6.08 Å². The SMILES string of the molecule is CC/C=C\C/C=C\C/C=C\C/C=C\C/C=C\C/C=C\C/C=C\CCCCCCCCCCCCCCCC(=O)NC(COC1OC(CO)C(OC2OC(CO)C(O)C(O)C2O)C(O)C1O)C(O)/C=C/CCCCCCCCCC. The van der Waals surface area contributed by atoms with E-state index in [1.54, 1.807) is 6.08 Å². The van der Waals surface area contributed by atoms with Crippen LogP contribution >= 0.6 is 0 Å².